The number of carbonyl (C=O) groups excluding carboxylic acids is 2. The Bertz CT molecular complexity index is 1200. The topological polar surface area (TPSA) is 89.9 Å². The van der Waals surface area contributed by atoms with Crippen LogP contribution in [0.15, 0.2) is 60.0 Å². The summed E-state index contributed by atoms with van der Waals surface area (Å²) in [5, 5.41) is 26.3. The molecule has 0 aliphatic carbocycles. The van der Waals surface area contributed by atoms with Crippen molar-refractivity contribution >= 4 is 34.8 Å². The molecule has 190 valence electrons. The van der Waals surface area contributed by atoms with Gasteiger partial charge in [0.05, 0.1) is 6.04 Å². The first-order valence-electron chi connectivity index (χ1n) is 12.1. The quantitative estimate of drug-likeness (QED) is 0.392. The number of aliphatic hydroxyl groups excluding tert-OH is 2. The summed E-state index contributed by atoms with van der Waals surface area (Å²) < 4.78 is 0. The van der Waals surface area contributed by atoms with Crippen molar-refractivity contribution in [1.29, 1.82) is 0 Å². The lowest BCUT2D eigenvalue weighted by Gasteiger charge is -2.28. The molecule has 3 atom stereocenters. The zero-order valence-electron chi connectivity index (χ0n) is 20.2. The molecule has 0 radical (unpaired) electrons. The van der Waals surface area contributed by atoms with E-state index in [9.17, 15) is 19.8 Å². The molecule has 8 heteroatoms. The minimum absolute atomic E-state index is 0.165. The van der Waals surface area contributed by atoms with Crippen LogP contribution in [0.4, 0.5) is 0 Å². The van der Waals surface area contributed by atoms with Crippen LogP contribution in [0.2, 0.25) is 5.02 Å². The number of hydrogen-bond donors (Lipinski definition) is 3. The molecule has 2 aromatic carbocycles. The van der Waals surface area contributed by atoms with Crippen molar-refractivity contribution in [3.63, 3.8) is 0 Å². The molecule has 3 aromatic rings. The van der Waals surface area contributed by atoms with E-state index < -0.39 is 24.0 Å². The Balaban J connectivity index is 1.27. The van der Waals surface area contributed by atoms with Crippen LogP contribution in [0, 0.1) is 6.92 Å². The van der Waals surface area contributed by atoms with Crippen molar-refractivity contribution in [3.05, 3.63) is 92.1 Å². The van der Waals surface area contributed by atoms with Crippen LogP contribution in [0.5, 0.6) is 0 Å². The van der Waals surface area contributed by atoms with Gasteiger partial charge in [-0.3, -0.25) is 9.59 Å². The fourth-order valence-corrected chi connectivity index (χ4v) is 5.64. The van der Waals surface area contributed by atoms with Gasteiger partial charge in [0, 0.05) is 23.0 Å². The number of aryl methyl sites for hydroxylation is 1. The summed E-state index contributed by atoms with van der Waals surface area (Å²) in [5.41, 5.74) is 4.31. The number of halogens is 1. The second-order valence-corrected chi connectivity index (χ2v) is 10.6. The molecule has 4 rings (SSSR count). The lowest BCUT2D eigenvalue weighted by molar-refractivity contribution is -0.153. The Hall–Kier alpha value is -2.71. The Labute approximate surface area is 220 Å². The number of likely N-dealkylation sites (tertiary alicyclic amines) is 1. The molecule has 0 bridgehead atoms. The second kappa shape index (κ2) is 12.0. The van der Waals surface area contributed by atoms with Gasteiger partial charge in [0.25, 0.3) is 11.8 Å². The number of thiophene rings is 1. The number of nitrogens with one attached hydrogen (secondary N) is 1. The maximum Gasteiger partial charge on any atom is 0.255 e. The first kappa shape index (κ1) is 26.4. The summed E-state index contributed by atoms with van der Waals surface area (Å²) in [6, 6.07) is 17.6. The Kier molecular flexibility index (Phi) is 8.80. The highest BCUT2D eigenvalue weighted by Crippen LogP contribution is 2.32. The zero-order valence-corrected chi connectivity index (χ0v) is 21.8. The third-order valence-electron chi connectivity index (χ3n) is 6.55. The second-order valence-electron chi connectivity index (χ2n) is 9.22. The molecule has 0 saturated carbocycles. The summed E-state index contributed by atoms with van der Waals surface area (Å²) in [4.78, 5) is 28.1. The molecule has 2 amide bonds. The smallest absolute Gasteiger partial charge is 0.255 e. The SMILES string of the molecule is Cc1ccc(C2CCCN2C(=O)[C@H](O)[C@@H](O)C(=O)NCCc2cc(Cc3ccccc3Cl)cs2)cc1. The van der Waals surface area contributed by atoms with E-state index >= 15 is 0 Å². The highest BCUT2D eigenvalue weighted by atomic mass is 35.5. The number of nitrogens with zero attached hydrogens (tertiary/aromatic N) is 1. The number of hydrogen-bond acceptors (Lipinski definition) is 5. The Morgan fingerprint density at radius 2 is 1.89 bits per heavy atom. The standard InChI is InChI=1S/C28H31ClN2O4S/c1-18-8-10-20(11-9-18)24-7-4-14-31(24)28(35)26(33)25(32)27(34)30-13-12-22-16-19(17-36-22)15-21-5-2-3-6-23(21)29/h2-3,5-6,8-11,16-17,24-26,32-33H,4,7,12-15H2,1H3,(H,30,34)/t24?,25-,26-/m1/s1. The molecule has 1 fully saturated rings. The largest absolute Gasteiger partial charge is 0.380 e. The molecule has 2 heterocycles. The van der Waals surface area contributed by atoms with Crippen LogP contribution in [0.25, 0.3) is 0 Å². The van der Waals surface area contributed by atoms with Crippen molar-refractivity contribution in [1.82, 2.24) is 10.2 Å². The van der Waals surface area contributed by atoms with Gasteiger partial charge < -0.3 is 20.4 Å². The molecule has 0 spiro atoms. The molecule has 36 heavy (non-hydrogen) atoms. The van der Waals surface area contributed by atoms with Gasteiger partial charge in [-0.2, -0.15) is 0 Å². The molecule has 6 nitrogen and oxygen atoms in total. The Morgan fingerprint density at radius 3 is 2.64 bits per heavy atom. The number of benzene rings is 2. The van der Waals surface area contributed by atoms with Gasteiger partial charge >= 0.3 is 0 Å². The summed E-state index contributed by atoms with van der Waals surface area (Å²) in [7, 11) is 0. The molecule has 1 saturated heterocycles. The zero-order chi connectivity index (χ0) is 25.7. The highest BCUT2D eigenvalue weighted by molar-refractivity contribution is 7.10. The van der Waals surface area contributed by atoms with Gasteiger partial charge in [0.1, 0.15) is 0 Å². The van der Waals surface area contributed by atoms with E-state index in [-0.39, 0.29) is 6.04 Å². The summed E-state index contributed by atoms with van der Waals surface area (Å²) in [6.07, 6.45) is -0.731. The molecule has 1 unspecified atom stereocenters. The predicted octanol–water partition coefficient (Wildman–Crippen LogP) is 4.04. The van der Waals surface area contributed by atoms with Gasteiger partial charge in [-0.05, 0) is 66.8 Å². The normalized spacial score (nSPS) is 17.1. The molecule has 1 aliphatic heterocycles. The lowest BCUT2D eigenvalue weighted by Crippen LogP contribution is -2.50. The third kappa shape index (κ3) is 6.34. The average molecular weight is 527 g/mol. The fraction of sp³-hybridized carbons (Fsp3) is 0.357. The summed E-state index contributed by atoms with van der Waals surface area (Å²) in [6.45, 7) is 2.77. The van der Waals surface area contributed by atoms with E-state index in [0.717, 1.165) is 51.4 Å². The maximum atomic E-state index is 12.9. The first-order valence-corrected chi connectivity index (χ1v) is 13.4. The van der Waals surface area contributed by atoms with Crippen molar-refractivity contribution < 1.29 is 19.8 Å². The van der Waals surface area contributed by atoms with Gasteiger partial charge in [-0.15, -0.1) is 11.3 Å². The van der Waals surface area contributed by atoms with Crippen molar-refractivity contribution in [2.24, 2.45) is 0 Å². The van der Waals surface area contributed by atoms with E-state index in [1.54, 1.807) is 16.2 Å². The minimum Gasteiger partial charge on any atom is -0.380 e. The van der Waals surface area contributed by atoms with E-state index in [4.69, 9.17) is 11.6 Å². The van der Waals surface area contributed by atoms with Gasteiger partial charge in [0.15, 0.2) is 12.2 Å². The van der Waals surface area contributed by atoms with Crippen LogP contribution in [0.3, 0.4) is 0 Å². The number of rotatable bonds is 9. The third-order valence-corrected chi connectivity index (χ3v) is 7.96. The maximum absolute atomic E-state index is 12.9. The monoisotopic (exact) mass is 526 g/mol. The van der Waals surface area contributed by atoms with E-state index in [0.29, 0.717) is 19.5 Å². The minimum atomic E-state index is -1.82. The number of carbonyl (C=O) groups is 2. The predicted molar refractivity (Wildman–Crippen MR) is 142 cm³/mol. The summed E-state index contributed by atoms with van der Waals surface area (Å²) in [5.74, 6) is -1.38. The van der Waals surface area contributed by atoms with Crippen molar-refractivity contribution in [3.8, 4) is 0 Å². The van der Waals surface area contributed by atoms with Crippen LogP contribution in [-0.2, 0) is 22.4 Å². The Morgan fingerprint density at radius 1 is 1.14 bits per heavy atom. The van der Waals surface area contributed by atoms with Gasteiger partial charge in [-0.25, -0.2) is 0 Å². The first-order chi connectivity index (χ1) is 17.3. The molecule has 1 aliphatic rings. The summed E-state index contributed by atoms with van der Waals surface area (Å²) >= 11 is 7.84. The van der Waals surface area contributed by atoms with E-state index in [1.165, 1.54) is 0 Å². The van der Waals surface area contributed by atoms with Crippen LogP contribution in [-0.4, -0.2) is 52.2 Å². The van der Waals surface area contributed by atoms with Gasteiger partial charge in [-0.1, -0.05) is 59.6 Å². The van der Waals surface area contributed by atoms with Gasteiger partial charge in [0.2, 0.25) is 0 Å². The fourth-order valence-electron chi connectivity index (χ4n) is 4.54. The highest BCUT2D eigenvalue weighted by Gasteiger charge is 2.38. The van der Waals surface area contributed by atoms with Crippen LogP contribution < -0.4 is 5.32 Å². The van der Waals surface area contributed by atoms with E-state index in [1.807, 2.05) is 55.5 Å². The number of aliphatic hydroxyl groups is 2. The lowest BCUT2D eigenvalue weighted by atomic mass is 10.0. The van der Waals surface area contributed by atoms with Crippen molar-refractivity contribution in [2.75, 3.05) is 13.1 Å². The molecule has 3 N–H and O–H groups in total. The van der Waals surface area contributed by atoms with Crippen molar-refractivity contribution in [2.45, 2.75) is 50.9 Å². The van der Waals surface area contributed by atoms with Crippen LogP contribution in [0.1, 0.15) is 46.0 Å². The van der Waals surface area contributed by atoms with E-state index in [2.05, 4.69) is 16.8 Å². The molecular formula is C28H31ClN2O4S. The average Bonchev–Trinajstić information content (AvgIpc) is 3.54. The van der Waals surface area contributed by atoms with Crippen LogP contribution >= 0.6 is 22.9 Å². The molecule has 1 aromatic heterocycles. The number of amides is 2. The molecular weight excluding hydrogens is 496 g/mol.